The van der Waals surface area contributed by atoms with E-state index in [0.717, 1.165) is 48.1 Å². The smallest absolute Gasteiger partial charge is 0.253 e. The summed E-state index contributed by atoms with van der Waals surface area (Å²) in [4.78, 5) is 27.5. The minimum absolute atomic E-state index is 0.0228. The average Bonchev–Trinajstić information content (AvgIpc) is 3.47. The van der Waals surface area contributed by atoms with Crippen LogP contribution in [0.25, 0.3) is 11.1 Å². The molecule has 0 bridgehead atoms. The third-order valence-corrected chi connectivity index (χ3v) is 7.06. The molecule has 0 unspecified atom stereocenters. The third-order valence-electron chi connectivity index (χ3n) is 7.06. The van der Waals surface area contributed by atoms with E-state index >= 15 is 0 Å². The minimum atomic E-state index is 0.0228. The zero-order chi connectivity index (χ0) is 22.9. The van der Waals surface area contributed by atoms with E-state index in [1.807, 2.05) is 49.5 Å². The fourth-order valence-corrected chi connectivity index (χ4v) is 4.87. The number of amides is 2. The maximum absolute atomic E-state index is 13.1. The molecule has 2 fully saturated rings. The van der Waals surface area contributed by atoms with Crippen molar-refractivity contribution in [2.24, 2.45) is 13.0 Å². The third kappa shape index (κ3) is 4.42. The normalized spacial score (nSPS) is 16.6. The van der Waals surface area contributed by atoms with Crippen LogP contribution in [-0.2, 0) is 11.8 Å². The van der Waals surface area contributed by atoms with E-state index in [1.54, 1.807) is 4.68 Å². The Bertz CT molecular complexity index is 1170. The van der Waals surface area contributed by atoms with Gasteiger partial charge in [0.1, 0.15) is 0 Å². The van der Waals surface area contributed by atoms with Crippen LogP contribution in [-0.4, -0.2) is 39.6 Å². The summed E-state index contributed by atoms with van der Waals surface area (Å²) >= 11 is 0. The molecule has 0 atom stereocenters. The predicted octanol–water partition coefficient (Wildman–Crippen LogP) is 4.76. The zero-order valence-corrected chi connectivity index (χ0v) is 19.3. The number of hydrogen-bond acceptors (Lipinski definition) is 3. The average molecular weight is 443 g/mol. The second kappa shape index (κ2) is 8.85. The highest BCUT2D eigenvalue weighted by molar-refractivity contribution is 5.98. The Kier molecular flexibility index (Phi) is 5.75. The van der Waals surface area contributed by atoms with E-state index in [1.165, 1.54) is 5.56 Å². The van der Waals surface area contributed by atoms with Gasteiger partial charge in [-0.25, -0.2) is 0 Å². The van der Waals surface area contributed by atoms with Gasteiger partial charge in [0.15, 0.2) is 0 Å². The van der Waals surface area contributed by atoms with Gasteiger partial charge in [-0.1, -0.05) is 43.2 Å². The maximum Gasteiger partial charge on any atom is 0.253 e. The van der Waals surface area contributed by atoms with Gasteiger partial charge in [0.2, 0.25) is 5.91 Å². The Balaban J connectivity index is 1.21. The summed E-state index contributed by atoms with van der Waals surface area (Å²) in [6.45, 7) is 3.39. The molecule has 1 aromatic heterocycles. The lowest BCUT2D eigenvalue weighted by Crippen LogP contribution is -2.48. The van der Waals surface area contributed by atoms with Gasteiger partial charge in [-0.15, -0.1) is 0 Å². The number of aromatic nitrogens is 2. The number of hydrogen-bond donors (Lipinski definition) is 1. The maximum atomic E-state index is 13.1. The van der Waals surface area contributed by atoms with Crippen LogP contribution in [0.3, 0.4) is 0 Å². The summed E-state index contributed by atoms with van der Waals surface area (Å²) in [5.74, 6) is 0.557. The number of benzene rings is 2. The second-order valence-electron chi connectivity index (χ2n) is 9.43. The Morgan fingerprint density at radius 2 is 1.73 bits per heavy atom. The van der Waals surface area contributed by atoms with Gasteiger partial charge in [0.05, 0.1) is 6.20 Å². The van der Waals surface area contributed by atoms with Crippen LogP contribution in [0.1, 0.15) is 53.1 Å². The molecule has 1 N–H and O–H groups in total. The van der Waals surface area contributed by atoms with Crippen LogP contribution in [0, 0.1) is 12.8 Å². The zero-order valence-electron chi connectivity index (χ0n) is 19.3. The van der Waals surface area contributed by atoms with E-state index in [0.29, 0.717) is 24.6 Å². The highest BCUT2D eigenvalue weighted by Crippen LogP contribution is 2.31. The van der Waals surface area contributed by atoms with Crippen molar-refractivity contribution in [3.8, 4) is 11.1 Å². The molecule has 33 heavy (non-hydrogen) atoms. The highest BCUT2D eigenvalue weighted by atomic mass is 16.2. The van der Waals surface area contributed by atoms with E-state index in [2.05, 4.69) is 34.7 Å². The number of nitrogens with one attached hydrogen (secondary N) is 1. The van der Waals surface area contributed by atoms with Gasteiger partial charge in [-0.05, 0) is 48.6 Å². The highest BCUT2D eigenvalue weighted by Gasteiger charge is 2.32. The lowest BCUT2D eigenvalue weighted by atomic mass is 9.89. The van der Waals surface area contributed by atoms with Crippen LogP contribution in [0.4, 0.5) is 5.69 Å². The van der Waals surface area contributed by atoms with Crippen molar-refractivity contribution in [3.05, 3.63) is 71.5 Å². The second-order valence-corrected chi connectivity index (χ2v) is 9.43. The van der Waals surface area contributed by atoms with Crippen LogP contribution in [0.15, 0.2) is 54.9 Å². The lowest BCUT2D eigenvalue weighted by Gasteiger charge is -2.39. The molecule has 1 saturated heterocycles. The number of anilines is 1. The molecule has 1 saturated carbocycles. The summed E-state index contributed by atoms with van der Waals surface area (Å²) in [5, 5.41) is 7.29. The van der Waals surface area contributed by atoms with Crippen LogP contribution in [0.2, 0.25) is 0 Å². The molecule has 2 aromatic carbocycles. The number of aryl methyl sites for hydroxylation is 2. The fourth-order valence-electron chi connectivity index (χ4n) is 4.87. The van der Waals surface area contributed by atoms with Crippen molar-refractivity contribution in [1.29, 1.82) is 0 Å². The predicted molar refractivity (Wildman–Crippen MR) is 129 cm³/mol. The van der Waals surface area contributed by atoms with Gasteiger partial charge < -0.3 is 10.2 Å². The van der Waals surface area contributed by atoms with Crippen molar-refractivity contribution >= 4 is 17.5 Å². The summed E-state index contributed by atoms with van der Waals surface area (Å²) in [5.41, 5.74) is 5.86. The quantitative estimate of drug-likeness (QED) is 0.619. The molecule has 0 radical (unpaired) electrons. The standard InChI is InChI=1S/C27H30N4O2/c1-18-7-8-22(13-25(18)29-26(32)21-5-3-4-6-21)27(33)31-16-24(17-31)20-11-9-19(10-12-20)23-14-28-30(2)15-23/h7-15,21,24H,3-6,16-17H2,1-2H3,(H,29,32). The van der Waals surface area contributed by atoms with Crippen molar-refractivity contribution < 1.29 is 9.59 Å². The summed E-state index contributed by atoms with van der Waals surface area (Å²) < 4.78 is 1.80. The largest absolute Gasteiger partial charge is 0.337 e. The molecular weight excluding hydrogens is 412 g/mol. The number of nitrogens with zero attached hydrogens (tertiary/aromatic N) is 3. The van der Waals surface area contributed by atoms with Gasteiger partial charge in [0, 0.05) is 55.0 Å². The Morgan fingerprint density at radius 1 is 1.00 bits per heavy atom. The lowest BCUT2D eigenvalue weighted by molar-refractivity contribution is -0.119. The van der Waals surface area contributed by atoms with Crippen molar-refractivity contribution in [3.63, 3.8) is 0 Å². The Labute approximate surface area is 194 Å². The minimum Gasteiger partial charge on any atom is -0.337 e. The summed E-state index contributed by atoms with van der Waals surface area (Å²) in [6, 6.07) is 14.2. The topological polar surface area (TPSA) is 67.2 Å². The summed E-state index contributed by atoms with van der Waals surface area (Å²) in [6.07, 6.45) is 8.04. The van der Waals surface area contributed by atoms with Gasteiger partial charge >= 0.3 is 0 Å². The van der Waals surface area contributed by atoms with E-state index in [-0.39, 0.29) is 17.7 Å². The van der Waals surface area contributed by atoms with E-state index < -0.39 is 0 Å². The molecule has 0 spiro atoms. The molecule has 2 amide bonds. The monoisotopic (exact) mass is 442 g/mol. The van der Waals surface area contributed by atoms with Crippen molar-refractivity contribution in [2.45, 2.75) is 38.5 Å². The van der Waals surface area contributed by atoms with Crippen molar-refractivity contribution in [2.75, 3.05) is 18.4 Å². The van der Waals surface area contributed by atoms with Crippen LogP contribution < -0.4 is 5.32 Å². The molecular formula is C27H30N4O2. The molecule has 2 aliphatic rings. The first-order chi connectivity index (χ1) is 16.0. The molecule has 1 aliphatic heterocycles. The Morgan fingerprint density at radius 3 is 2.39 bits per heavy atom. The first kappa shape index (κ1) is 21.4. The molecule has 5 rings (SSSR count). The van der Waals surface area contributed by atoms with Crippen LogP contribution >= 0.6 is 0 Å². The fraction of sp³-hybridized carbons (Fsp3) is 0.370. The SMILES string of the molecule is Cc1ccc(C(=O)N2CC(c3ccc(-c4cnn(C)c4)cc3)C2)cc1NC(=O)C1CCCC1. The number of carbonyl (C=O) groups excluding carboxylic acids is 2. The molecule has 6 nitrogen and oxygen atoms in total. The molecule has 6 heteroatoms. The first-order valence-electron chi connectivity index (χ1n) is 11.8. The summed E-state index contributed by atoms with van der Waals surface area (Å²) in [7, 11) is 1.92. The Hall–Kier alpha value is -3.41. The number of carbonyl (C=O) groups is 2. The van der Waals surface area contributed by atoms with Gasteiger partial charge in [-0.3, -0.25) is 14.3 Å². The van der Waals surface area contributed by atoms with E-state index in [9.17, 15) is 9.59 Å². The molecule has 3 aromatic rings. The van der Waals surface area contributed by atoms with E-state index in [4.69, 9.17) is 0 Å². The number of likely N-dealkylation sites (tertiary alicyclic amines) is 1. The first-order valence-corrected chi connectivity index (χ1v) is 11.8. The number of rotatable bonds is 5. The van der Waals surface area contributed by atoms with Gasteiger partial charge in [0.25, 0.3) is 5.91 Å². The molecule has 170 valence electrons. The van der Waals surface area contributed by atoms with Crippen molar-refractivity contribution in [1.82, 2.24) is 14.7 Å². The molecule has 2 heterocycles. The van der Waals surface area contributed by atoms with Crippen LogP contribution in [0.5, 0.6) is 0 Å². The molecule has 1 aliphatic carbocycles. The van der Waals surface area contributed by atoms with Gasteiger partial charge in [-0.2, -0.15) is 5.10 Å².